The molecule has 0 spiro atoms. The summed E-state index contributed by atoms with van der Waals surface area (Å²) < 4.78 is 0. The highest BCUT2D eigenvalue weighted by atomic mass is 16.6. The van der Waals surface area contributed by atoms with Crippen LogP contribution in [0, 0.1) is 10.1 Å². The zero-order chi connectivity index (χ0) is 18.4. The molecule has 0 N–H and O–H groups in total. The van der Waals surface area contributed by atoms with Crippen LogP contribution in [0.15, 0.2) is 78.9 Å². The summed E-state index contributed by atoms with van der Waals surface area (Å²) in [6.45, 7) is 2.86. The maximum atomic E-state index is 11.5. The highest BCUT2D eigenvalue weighted by Gasteiger charge is 2.20. The molecule has 0 aliphatic carbocycles. The van der Waals surface area contributed by atoms with E-state index in [2.05, 4.69) is 31.2 Å². The van der Waals surface area contributed by atoms with Crippen molar-refractivity contribution in [1.82, 2.24) is 0 Å². The van der Waals surface area contributed by atoms with E-state index in [9.17, 15) is 10.1 Å². The van der Waals surface area contributed by atoms with E-state index in [1.807, 2.05) is 47.4 Å². The Labute approximate surface area is 153 Å². The van der Waals surface area contributed by atoms with Crippen molar-refractivity contribution in [3.05, 3.63) is 89.0 Å². The van der Waals surface area contributed by atoms with Gasteiger partial charge in [0.05, 0.1) is 4.92 Å². The predicted molar refractivity (Wildman–Crippen MR) is 107 cm³/mol. The zero-order valence-electron chi connectivity index (χ0n) is 14.8. The van der Waals surface area contributed by atoms with Crippen LogP contribution in [-0.2, 0) is 0 Å². The molecule has 0 aliphatic heterocycles. The molecule has 0 bridgehead atoms. The number of hydrogen-bond donors (Lipinski definition) is 0. The minimum absolute atomic E-state index is 0.133. The molecule has 26 heavy (non-hydrogen) atoms. The molecule has 0 aromatic heterocycles. The minimum atomic E-state index is -0.310. The van der Waals surface area contributed by atoms with E-state index in [1.165, 1.54) is 0 Å². The molecule has 0 saturated carbocycles. The Morgan fingerprint density at radius 2 is 1.58 bits per heavy atom. The van der Waals surface area contributed by atoms with Gasteiger partial charge in [0.25, 0.3) is 5.69 Å². The van der Waals surface area contributed by atoms with Gasteiger partial charge in [0.15, 0.2) is 0 Å². The Bertz CT molecular complexity index is 878. The molecular weight excluding hydrogens is 324 g/mol. The fourth-order valence-electron chi connectivity index (χ4n) is 3.04. The number of para-hydroxylation sites is 2. The zero-order valence-corrected chi connectivity index (χ0v) is 14.8. The summed E-state index contributed by atoms with van der Waals surface area (Å²) in [7, 11) is 0. The van der Waals surface area contributed by atoms with E-state index >= 15 is 0 Å². The molecular formula is C22H22N2O2. The average Bonchev–Trinajstić information content (AvgIpc) is 2.69. The van der Waals surface area contributed by atoms with Gasteiger partial charge >= 0.3 is 0 Å². The van der Waals surface area contributed by atoms with Crippen LogP contribution in [0.3, 0.4) is 0 Å². The Morgan fingerprint density at radius 1 is 0.885 bits per heavy atom. The van der Waals surface area contributed by atoms with E-state index in [4.69, 9.17) is 0 Å². The van der Waals surface area contributed by atoms with Gasteiger partial charge in [-0.05, 0) is 35.7 Å². The number of unbranched alkanes of at least 4 members (excludes halogenated alkanes) is 1. The van der Waals surface area contributed by atoms with Crippen molar-refractivity contribution >= 4 is 17.1 Å². The maximum Gasteiger partial charge on any atom is 0.292 e. The Morgan fingerprint density at radius 3 is 2.31 bits per heavy atom. The molecule has 0 aliphatic rings. The Balaban J connectivity index is 2.06. The molecule has 132 valence electrons. The van der Waals surface area contributed by atoms with E-state index in [0.717, 1.165) is 36.2 Å². The molecule has 3 aromatic carbocycles. The van der Waals surface area contributed by atoms with Gasteiger partial charge in [0, 0.05) is 18.3 Å². The third-order valence-electron chi connectivity index (χ3n) is 4.37. The SMILES string of the molecule is CCCCN(c1cccc(-c2ccccc2)c1)c1ccccc1[N+](=O)[O-]. The Hall–Kier alpha value is -3.14. The van der Waals surface area contributed by atoms with Crippen LogP contribution in [0.4, 0.5) is 17.1 Å². The van der Waals surface area contributed by atoms with Crippen molar-refractivity contribution in [2.24, 2.45) is 0 Å². The van der Waals surface area contributed by atoms with Crippen molar-refractivity contribution in [2.75, 3.05) is 11.4 Å². The first-order valence-electron chi connectivity index (χ1n) is 8.87. The smallest absolute Gasteiger partial charge is 0.292 e. The number of anilines is 2. The van der Waals surface area contributed by atoms with E-state index in [0.29, 0.717) is 5.69 Å². The van der Waals surface area contributed by atoms with Crippen LogP contribution < -0.4 is 4.90 Å². The Kier molecular flexibility index (Phi) is 5.64. The number of rotatable bonds is 7. The molecule has 0 radical (unpaired) electrons. The first kappa shape index (κ1) is 17.7. The number of hydrogen-bond acceptors (Lipinski definition) is 3. The summed E-state index contributed by atoms with van der Waals surface area (Å²) in [6.07, 6.45) is 1.98. The quantitative estimate of drug-likeness (QED) is 0.378. The fraction of sp³-hybridized carbons (Fsp3) is 0.182. The second kappa shape index (κ2) is 8.30. The predicted octanol–water partition coefficient (Wildman–Crippen LogP) is 6.20. The normalized spacial score (nSPS) is 10.5. The molecule has 0 heterocycles. The number of benzene rings is 3. The van der Waals surface area contributed by atoms with Crippen LogP contribution >= 0.6 is 0 Å². The first-order chi connectivity index (χ1) is 12.7. The van der Waals surface area contributed by atoms with Gasteiger partial charge in [0.1, 0.15) is 5.69 Å². The lowest BCUT2D eigenvalue weighted by Gasteiger charge is -2.25. The standard InChI is InChI=1S/C22H22N2O2/c1-2-3-16-23(21-14-7-8-15-22(21)24(25)26)20-13-9-12-19(17-20)18-10-5-4-6-11-18/h4-15,17H,2-3,16H2,1H3. The molecule has 3 aromatic rings. The highest BCUT2D eigenvalue weighted by Crippen LogP contribution is 2.35. The molecule has 4 heteroatoms. The summed E-state index contributed by atoms with van der Waals surface area (Å²) in [5.41, 5.74) is 3.97. The lowest BCUT2D eigenvalue weighted by atomic mass is 10.0. The molecule has 0 unspecified atom stereocenters. The van der Waals surface area contributed by atoms with Crippen LogP contribution in [0.5, 0.6) is 0 Å². The molecule has 0 amide bonds. The van der Waals surface area contributed by atoms with Crippen molar-refractivity contribution in [2.45, 2.75) is 19.8 Å². The van der Waals surface area contributed by atoms with Gasteiger partial charge in [-0.3, -0.25) is 10.1 Å². The third kappa shape index (κ3) is 3.91. The van der Waals surface area contributed by atoms with Crippen LogP contribution in [0.1, 0.15) is 19.8 Å². The van der Waals surface area contributed by atoms with Gasteiger partial charge in [-0.15, -0.1) is 0 Å². The average molecular weight is 346 g/mol. The number of nitro groups is 1. The van der Waals surface area contributed by atoms with Gasteiger partial charge in [-0.25, -0.2) is 0 Å². The fourth-order valence-corrected chi connectivity index (χ4v) is 3.04. The van der Waals surface area contributed by atoms with Crippen molar-refractivity contribution in [3.63, 3.8) is 0 Å². The second-order valence-electron chi connectivity index (χ2n) is 6.17. The van der Waals surface area contributed by atoms with E-state index < -0.39 is 0 Å². The van der Waals surface area contributed by atoms with E-state index in [-0.39, 0.29) is 10.6 Å². The summed E-state index contributed by atoms with van der Waals surface area (Å²) >= 11 is 0. The van der Waals surface area contributed by atoms with Crippen LogP contribution in [-0.4, -0.2) is 11.5 Å². The summed E-state index contributed by atoms with van der Waals surface area (Å²) in [4.78, 5) is 13.2. The topological polar surface area (TPSA) is 46.4 Å². The largest absolute Gasteiger partial charge is 0.336 e. The van der Waals surface area contributed by atoms with Crippen LogP contribution in [0.2, 0.25) is 0 Å². The van der Waals surface area contributed by atoms with Gasteiger partial charge in [0.2, 0.25) is 0 Å². The molecule has 4 nitrogen and oxygen atoms in total. The lowest BCUT2D eigenvalue weighted by molar-refractivity contribution is -0.384. The minimum Gasteiger partial charge on any atom is -0.336 e. The second-order valence-corrected chi connectivity index (χ2v) is 6.17. The summed E-state index contributed by atoms with van der Waals surface area (Å²) in [5.74, 6) is 0. The third-order valence-corrected chi connectivity index (χ3v) is 4.37. The summed E-state index contributed by atoms with van der Waals surface area (Å²) in [5, 5.41) is 11.5. The maximum absolute atomic E-state index is 11.5. The highest BCUT2D eigenvalue weighted by molar-refractivity contribution is 5.76. The van der Waals surface area contributed by atoms with Gasteiger partial charge < -0.3 is 4.90 Å². The van der Waals surface area contributed by atoms with E-state index in [1.54, 1.807) is 12.1 Å². The van der Waals surface area contributed by atoms with Crippen molar-refractivity contribution in [1.29, 1.82) is 0 Å². The van der Waals surface area contributed by atoms with Gasteiger partial charge in [-0.2, -0.15) is 0 Å². The summed E-state index contributed by atoms with van der Waals surface area (Å²) in [6, 6.07) is 25.3. The number of nitrogens with zero attached hydrogens (tertiary/aromatic N) is 2. The van der Waals surface area contributed by atoms with Gasteiger partial charge in [-0.1, -0.05) is 67.9 Å². The lowest BCUT2D eigenvalue weighted by Crippen LogP contribution is -2.19. The molecule has 0 saturated heterocycles. The monoisotopic (exact) mass is 346 g/mol. The van der Waals surface area contributed by atoms with Crippen LogP contribution in [0.25, 0.3) is 11.1 Å². The number of nitro benzene ring substituents is 1. The van der Waals surface area contributed by atoms with Crippen molar-refractivity contribution in [3.8, 4) is 11.1 Å². The van der Waals surface area contributed by atoms with Crippen molar-refractivity contribution < 1.29 is 4.92 Å². The molecule has 0 fully saturated rings. The molecule has 0 atom stereocenters. The first-order valence-corrected chi connectivity index (χ1v) is 8.87. The molecule has 3 rings (SSSR count).